The second-order valence-electron chi connectivity index (χ2n) is 8.55. The molecule has 21 heavy (non-hydrogen) atoms. The van der Waals surface area contributed by atoms with Gasteiger partial charge >= 0.3 is 11.9 Å². The van der Waals surface area contributed by atoms with Gasteiger partial charge in [0.05, 0.1) is 6.42 Å². The Kier molecular flexibility index (Phi) is 7.41. The van der Waals surface area contributed by atoms with Crippen LogP contribution in [0.5, 0.6) is 0 Å². The third kappa shape index (κ3) is 12.4. The molecule has 0 aromatic rings. The van der Waals surface area contributed by atoms with Crippen molar-refractivity contribution in [1.82, 2.24) is 0 Å². The van der Waals surface area contributed by atoms with Gasteiger partial charge in [-0.15, -0.1) is 0 Å². The van der Waals surface area contributed by atoms with Crippen LogP contribution < -0.4 is 0 Å². The molecule has 0 bridgehead atoms. The third-order valence-electron chi connectivity index (χ3n) is 3.02. The maximum absolute atomic E-state index is 12.0. The topological polar surface area (TPSA) is 63.6 Å². The first-order valence-electron chi connectivity index (χ1n) is 7.70. The molecule has 1 N–H and O–H groups in total. The molecule has 0 aromatic heterocycles. The van der Waals surface area contributed by atoms with Crippen molar-refractivity contribution in [1.29, 1.82) is 0 Å². The van der Waals surface area contributed by atoms with Crippen molar-refractivity contribution in [2.24, 2.45) is 16.7 Å². The highest BCUT2D eigenvalue weighted by Gasteiger charge is 2.26. The lowest BCUT2D eigenvalue weighted by atomic mass is 9.84. The lowest BCUT2D eigenvalue weighted by Crippen LogP contribution is -2.27. The number of carboxylic acids is 1. The van der Waals surface area contributed by atoms with Crippen LogP contribution in [0, 0.1) is 16.7 Å². The van der Waals surface area contributed by atoms with Gasteiger partial charge in [-0.2, -0.15) is 0 Å². The minimum absolute atomic E-state index is 0.0720. The van der Waals surface area contributed by atoms with E-state index in [-0.39, 0.29) is 29.1 Å². The van der Waals surface area contributed by atoms with E-state index in [1.807, 2.05) is 27.7 Å². The summed E-state index contributed by atoms with van der Waals surface area (Å²) in [6.45, 7) is 14.5. The Morgan fingerprint density at radius 1 is 0.952 bits per heavy atom. The molecule has 0 aromatic carbocycles. The lowest BCUT2D eigenvalue weighted by Gasteiger charge is -2.26. The highest BCUT2D eigenvalue weighted by atomic mass is 16.5. The van der Waals surface area contributed by atoms with Crippen LogP contribution in [0.3, 0.4) is 0 Å². The second-order valence-corrected chi connectivity index (χ2v) is 8.55. The second kappa shape index (κ2) is 7.81. The first kappa shape index (κ1) is 19.9. The van der Waals surface area contributed by atoms with Crippen LogP contribution >= 0.6 is 0 Å². The Labute approximate surface area is 129 Å². The number of carbonyl (C=O) groups is 2. The van der Waals surface area contributed by atoms with Crippen molar-refractivity contribution in [3.8, 4) is 0 Å². The summed E-state index contributed by atoms with van der Waals surface area (Å²) in [5.74, 6) is -0.986. The molecule has 0 radical (unpaired) electrons. The fourth-order valence-electron chi connectivity index (χ4n) is 2.67. The largest absolute Gasteiger partial charge is 0.481 e. The Morgan fingerprint density at radius 2 is 1.43 bits per heavy atom. The number of aliphatic carboxylic acids is 1. The summed E-state index contributed by atoms with van der Waals surface area (Å²) in [5.41, 5.74) is 0.100. The summed E-state index contributed by atoms with van der Waals surface area (Å²) in [6, 6.07) is 0. The van der Waals surface area contributed by atoms with Gasteiger partial charge in [-0.3, -0.25) is 9.59 Å². The van der Waals surface area contributed by atoms with E-state index in [0.29, 0.717) is 12.8 Å². The predicted molar refractivity (Wildman–Crippen MR) is 84.1 cm³/mol. The van der Waals surface area contributed by atoms with E-state index in [4.69, 9.17) is 9.84 Å². The van der Waals surface area contributed by atoms with Gasteiger partial charge in [0.2, 0.25) is 0 Å². The van der Waals surface area contributed by atoms with Gasteiger partial charge in [0, 0.05) is 6.42 Å². The zero-order valence-corrected chi connectivity index (χ0v) is 14.7. The first-order chi connectivity index (χ1) is 9.28. The summed E-state index contributed by atoms with van der Waals surface area (Å²) in [7, 11) is 0. The molecule has 4 nitrogen and oxygen atoms in total. The maximum Gasteiger partial charge on any atom is 0.307 e. The zero-order chi connectivity index (χ0) is 16.8. The zero-order valence-electron chi connectivity index (χ0n) is 14.7. The van der Waals surface area contributed by atoms with Gasteiger partial charge in [-0.25, -0.2) is 0 Å². The predicted octanol–water partition coefficient (Wildman–Crippen LogP) is 4.27. The number of carbonyl (C=O) groups excluding carboxylic acids is 1. The smallest absolute Gasteiger partial charge is 0.307 e. The maximum atomic E-state index is 12.0. The number of ether oxygens (including phenoxy) is 1. The van der Waals surface area contributed by atoms with Gasteiger partial charge in [-0.1, -0.05) is 48.5 Å². The minimum Gasteiger partial charge on any atom is -0.481 e. The molecule has 0 aliphatic carbocycles. The Hall–Kier alpha value is -1.06. The van der Waals surface area contributed by atoms with E-state index < -0.39 is 12.1 Å². The number of carboxylic acid groups (broad SMARTS) is 1. The summed E-state index contributed by atoms with van der Waals surface area (Å²) in [4.78, 5) is 22.9. The number of rotatable bonds is 7. The highest BCUT2D eigenvalue weighted by molar-refractivity contribution is 5.71. The summed E-state index contributed by atoms with van der Waals surface area (Å²) < 4.78 is 5.40. The highest BCUT2D eigenvalue weighted by Crippen LogP contribution is 2.28. The van der Waals surface area contributed by atoms with Gasteiger partial charge in [0.15, 0.2) is 0 Å². The lowest BCUT2D eigenvalue weighted by molar-refractivity contribution is -0.155. The van der Waals surface area contributed by atoms with Crippen LogP contribution in [0.1, 0.15) is 74.1 Å². The van der Waals surface area contributed by atoms with Crippen molar-refractivity contribution in [2.75, 3.05) is 0 Å². The standard InChI is InChI=1S/C17H32O4/c1-12(10-16(2,3)4)8-15(20)21-13(9-14(18)19)11-17(5,6)7/h12-13H,8-11H2,1-7H3,(H,18,19). The molecule has 0 aliphatic rings. The number of esters is 1. The fraction of sp³-hybridized carbons (Fsp3) is 0.882. The van der Waals surface area contributed by atoms with Gasteiger partial charge in [-0.05, 0) is 29.6 Å². The van der Waals surface area contributed by atoms with Crippen molar-refractivity contribution in [3.63, 3.8) is 0 Å². The number of hydrogen-bond donors (Lipinski definition) is 1. The van der Waals surface area contributed by atoms with Crippen LogP contribution in [0.25, 0.3) is 0 Å². The van der Waals surface area contributed by atoms with Crippen LogP contribution in [0.4, 0.5) is 0 Å². The summed E-state index contributed by atoms with van der Waals surface area (Å²) >= 11 is 0. The number of hydrogen-bond acceptors (Lipinski definition) is 3. The molecule has 0 rings (SSSR count). The monoisotopic (exact) mass is 300 g/mol. The van der Waals surface area contributed by atoms with Crippen LogP contribution in [-0.4, -0.2) is 23.1 Å². The average Bonchev–Trinajstić information content (AvgIpc) is 2.07. The molecule has 0 heterocycles. The van der Waals surface area contributed by atoms with Crippen molar-refractivity contribution >= 4 is 11.9 Å². The van der Waals surface area contributed by atoms with Crippen LogP contribution in [0.2, 0.25) is 0 Å². The van der Waals surface area contributed by atoms with E-state index in [0.717, 1.165) is 6.42 Å². The van der Waals surface area contributed by atoms with Gasteiger partial charge in [0.1, 0.15) is 6.10 Å². The van der Waals surface area contributed by atoms with Crippen molar-refractivity contribution in [3.05, 3.63) is 0 Å². The molecule has 0 aliphatic heterocycles. The fourth-order valence-corrected chi connectivity index (χ4v) is 2.67. The summed E-state index contributed by atoms with van der Waals surface area (Å²) in [5, 5.41) is 8.94. The molecular formula is C17H32O4. The molecule has 0 amide bonds. The molecule has 2 atom stereocenters. The van der Waals surface area contributed by atoms with E-state index in [1.165, 1.54) is 0 Å². The minimum atomic E-state index is -0.931. The molecule has 2 unspecified atom stereocenters. The van der Waals surface area contributed by atoms with Crippen molar-refractivity contribution < 1.29 is 19.4 Å². The Bertz CT molecular complexity index is 347. The Balaban J connectivity index is 4.49. The molecule has 0 fully saturated rings. The van der Waals surface area contributed by atoms with E-state index in [1.54, 1.807) is 0 Å². The average molecular weight is 300 g/mol. The molecule has 124 valence electrons. The van der Waals surface area contributed by atoms with Crippen LogP contribution in [-0.2, 0) is 14.3 Å². The SMILES string of the molecule is CC(CC(=O)OC(CC(=O)O)CC(C)(C)C)CC(C)(C)C. The molecule has 0 spiro atoms. The van der Waals surface area contributed by atoms with E-state index in [9.17, 15) is 9.59 Å². The van der Waals surface area contributed by atoms with Crippen molar-refractivity contribution in [2.45, 2.75) is 80.3 Å². The van der Waals surface area contributed by atoms with Gasteiger partial charge < -0.3 is 9.84 Å². The van der Waals surface area contributed by atoms with E-state index >= 15 is 0 Å². The normalized spacial score (nSPS) is 15.4. The summed E-state index contributed by atoms with van der Waals surface area (Å²) in [6.07, 6.45) is 1.16. The Morgan fingerprint density at radius 3 is 1.81 bits per heavy atom. The third-order valence-corrected chi connectivity index (χ3v) is 3.02. The van der Waals surface area contributed by atoms with Gasteiger partial charge in [0.25, 0.3) is 0 Å². The first-order valence-corrected chi connectivity index (χ1v) is 7.70. The van der Waals surface area contributed by atoms with E-state index in [2.05, 4.69) is 20.8 Å². The molecule has 4 heteroatoms. The quantitative estimate of drug-likeness (QED) is 0.713. The molecule has 0 saturated carbocycles. The van der Waals surface area contributed by atoms with Crippen LogP contribution in [0.15, 0.2) is 0 Å². The molecule has 0 saturated heterocycles. The molecular weight excluding hydrogens is 268 g/mol.